The van der Waals surface area contributed by atoms with Gasteiger partial charge in [-0.15, -0.1) is 0 Å². The van der Waals surface area contributed by atoms with E-state index in [1.54, 1.807) is 30.1 Å². The smallest absolute Gasteiger partial charge is 0.143 e. The Morgan fingerprint density at radius 1 is 1.44 bits per heavy atom. The summed E-state index contributed by atoms with van der Waals surface area (Å²) < 4.78 is 7.04. The van der Waals surface area contributed by atoms with Crippen molar-refractivity contribution in [1.29, 1.82) is 5.26 Å². The van der Waals surface area contributed by atoms with Crippen LogP contribution in [0.3, 0.4) is 0 Å². The maximum Gasteiger partial charge on any atom is 0.143 e. The van der Waals surface area contributed by atoms with Crippen LogP contribution in [0.5, 0.6) is 5.75 Å². The monoisotopic (exact) mass is 242 g/mol. The highest BCUT2D eigenvalue weighted by atomic mass is 16.5. The van der Waals surface area contributed by atoms with Crippen LogP contribution in [-0.4, -0.2) is 16.9 Å². The molecule has 1 heterocycles. The largest absolute Gasteiger partial charge is 0.495 e. The lowest BCUT2D eigenvalue weighted by atomic mass is 10.1. The second kappa shape index (κ2) is 5.23. The first-order valence-corrected chi connectivity index (χ1v) is 5.54. The number of methoxy groups -OCH3 is 1. The van der Waals surface area contributed by atoms with Crippen LogP contribution in [0.15, 0.2) is 30.5 Å². The molecule has 18 heavy (non-hydrogen) atoms. The molecule has 0 saturated heterocycles. The van der Waals surface area contributed by atoms with Crippen molar-refractivity contribution in [3.63, 3.8) is 0 Å². The summed E-state index contributed by atoms with van der Waals surface area (Å²) in [4.78, 5) is 0. The fourth-order valence-corrected chi connectivity index (χ4v) is 1.73. The van der Waals surface area contributed by atoms with E-state index in [4.69, 9.17) is 10.00 Å². The molecule has 0 atom stereocenters. The predicted molar refractivity (Wildman–Crippen MR) is 68.2 cm³/mol. The first kappa shape index (κ1) is 12.0. The molecule has 0 amide bonds. The average Bonchev–Trinajstić information content (AvgIpc) is 2.81. The van der Waals surface area contributed by atoms with Gasteiger partial charge in [-0.05, 0) is 18.2 Å². The van der Waals surface area contributed by atoms with Crippen LogP contribution < -0.4 is 10.1 Å². The molecule has 0 aliphatic carbocycles. The number of rotatable bonds is 4. The number of ether oxygens (including phenoxy) is 1. The number of hydrogen-bond acceptors (Lipinski definition) is 4. The summed E-state index contributed by atoms with van der Waals surface area (Å²) >= 11 is 0. The van der Waals surface area contributed by atoms with Gasteiger partial charge in [0.1, 0.15) is 11.8 Å². The molecule has 0 radical (unpaired) electrons. The van der Waals surface area contributed by atoms with E-state index in [1.165, 1.54) is 0 Å². The standard InChI is InChI=1S/C13H14N4O/c1-17-11(6-7-16-17)9-15-13-10(8-14)4-3-5-12(13)18-2/h3-7,15H,9H2,1-2H3. The Balaban J connectivity index is 2.23. The van der Waals surface area contributed by atoms with Crippen molar-refractivity contribution in [3.05, 3.63) is 41.7 Å². The van der Waals surface area contributed by atoms with E-state index in [-0.39, 0.29) is 0 Å². The van der Waals surface area contributed by atoms with Gasteiger partial charge in [0, 0.05) is 13.2 Å². The van der Waals surface area contributed by atoms with Gasteiger partial charge in [0.25, 0.3) is 0 Å². The molecule has 2 rings (SSSR count). The van der Waals surface area contributed by atoms with Crippen molar-refractivity contribution in [1.82, 2.24) is 9.78 Å². The third-order valence-electron chi connectivity index (χ3n) is 2.74. The molecule has 5 nitrogen and oxygen atoms in total. The molecular weight excluding hydrogens is 228 g/mol. The van der Waals surface area contributed by atoms with E-state index in [0.717, 1.165) is 5.69 Å². The van der Waals surface area contributed by atoms with Gasteiger partial charge in [-0.25, -0.2) is 0 Å². The molecule has 0 unspecified atom stereocenters. The van der Waals surface area contributed by atoms with Crippen molar-refractivity contribution in [2.45, 2.75) is 6.54 Å². The normalized spacial score (nSPS) is 9.83. The average molecular weight is 242 g/mol. The SMILES string of the molecule is COc1cccc(C#N)c1NCc1ccnn1C. The lowest BCUT2D eigenvalue weighted by Gasteiger charge is -2.12. The second-order valence-electron chi connectivity index (χ2n) is 3.79. The maximum absolute atomic E-state index is 9.09. The van der Waals surface area contributed by atoms with Gasteiger partial charge in [-0.1, -0.05) is 6.07 Å². The summed E-state index contributed by atoms with van der Waals surface area (Å²) in [5, 5.41) is 16.4. The molecular formula is C13H14N4O. The number of nitrogens with zero attached hydrogens (tertiary/aromatic N) is 3. The van der Waals surface area contributed by atoms with Gasteiger partial charge in [0.2, 0.25) is 0 Å². The zero-order valence-corrected chi connectivity index (χ0v) is 10.3. The molecule has 0 spiro atoms. The first-order chi connectivity index (χ1) is 8.76. The van der Waals surface area contributed by atoms with Gasteiger partial charge in [0.15, 0.2) is 0 Å². The number of nitriles is 1. The van der Waals surface area contributed by atoms with Gasteiger partial charge in [-0.2, -0.15) is 10.4 Å². The summed E-state index contributed by atoms with van der Waals surface area (Å²) in [7, 11) is 3.47. The van der Waals surface area contributed by atoms with E-state index >= 15 is 0 Å². The molecule has 0 bridgehead atoms. The van der Waals surface area contributed by atoms with Crippen molar-refractivity contribution < 1.29 is 4.74 Å². The van der Waals surface area contributed by atoms with Crippen LogP contribution in [0.2, 0.25) is 0 Å². The van der Waals surface area contributed by atoms with Crippen LogP contribution in [0, 0.1) is 11.3 Å². The lowest BCUT2D eigenvalue weighted by Crippen LogP contribution is -2.07. The molecule has 1 N–H and O–H groups in total. The third-order valence-corrected chi connectivity index (χ3v) is 2.74. The first-order valence-electron chi connectivity index (χ1n) is 5.54. The summed E-state index contributed by atoms with van der Waals surface area (Å²) in [6, 6.07) is 9.46. The fraction of sp³-hybridized carbons (Fsp3) is 0.231. The summed E-state index contributed by atoms with van der Waals surface area (Å²) in [6.07, 6.45) is 1.74. The molecule has 2 aromatic rings. The molecule has 1 aromatic heterocycles. The number of para-hydroxylation sites is 1. The van der Waals surface area contributed by atoms with Gasteiger partial charge < -0.3 is 10.1 Å². The Kier molecular flexibility index (Phi) is 3.49. The predicted octanol–water partition coefficient (Wildman–Crippen LogP) is 1.91. The highest BCUT2D eigenvalue weighted by Gasteiger charge is 2.09. The Bertz CT molecular complexity index is 583. The van der Waals surface area contributed by atoms with E-state index in [0.29, 0.717) is 23.5 Å². The van der Waals surface area contributed by atoms with E-state index < -0.39 is 0 Å². The van der Waals surface area contributed by atoms with Crippen molar-refractivity contribution >= 4 is 5.69 Å². The lowest BCUT2D eigenvalue weighted by molar-refractivity contribution is 0.416. The van der Waals surface area contributed by atoms with Crippen LogP contribution in [0.1, 0.15) is 11.3 Å². The van der Waals surface area contributed by atoms with E-state index in [1.807, 2.05) is 19.2 Å². The minimum absolute atomic E-state index is 0.566. The Morgan fingerprint density at radius 3 is 2.89 bits per heavy atom. The zero-order valence-electron chi connectivity index (χ0n) is 10.3. The van der Waals surface area contributed by atoms with Crippen LogP contribution in [-0.2, 0) is 13.6 Å². The fourth-order valence-electron chi connectivity index (χ4n) is 1.73. The molecule has 1 aromatic carbocycles. The number of hydrogen-bond donors (Lipinski definition) is 1. The number of aromatic nitrogens is 2. The Hall–Kier alpha value is -2.48. The maximum atomic E-state index is 9.09. The van der Waals surface area contributed by atoms with Gasteiger partial charge in [0.05, 0.1) is 30.6 Å². The van der Waals surface area contributed by atoms with Gasteiger partial charge >= 0.3 is 0 Å². The summed E-state index contributed by atoms with van der Waals surface area (Å²) in [5.74, 6) is 0.663. The summed E-state index contributed by atoms with van der Waals surface area (Å²) in [6.45, 7) is 0.589. The van der Waals surface area contributed by atoms with E-state index in [2.05, 4.69) is 16.5 Å². The van der Waals surface area contributed by atoms with Crippen LogP contribution in [0.4, 0.5) is 5.69 Å². The van der Waals surface area contributed by atoms with Crippen molar-refractivity contribution in [3.8, 4) is 11.8 Å². The molecule has 0 saturated carbocycles. The minimum atomic E-state index is 0.566. The molecule has 5 heteroatoms. The van der Waals surface area contributed by atoms with Crippen molar-refractivity contribution in [2.24, 2.45) is 7.05 Å². The molecule has 0 fully saturated rings. The van der Waals surface area contributed by atoms with E-state index in [9.17, 15) is 0 Å². The van der Waals surface area contributed by atoms with Crippen LogP contribution in [0.25, 0.3) is 0 Å². The molecule has 0 aliphatic rings. The highest BCUT2D eigenvalue weighted by molar-refractivity contribution is 5.66. The number of anilines is 1. The molecule has 92 valence electrons. The second-order valence-corrected chi connectivity index (χ2v) is 3.79. The number of nitrogens with one attached hydrogen (secondary N) is 1. The zero-order chi connectivity index (χ0) is 13.0. The third kappa shape index (κ3) is 2.28. The quantitative estimate of drug-likeness (QED) is 0.889. The van der Waals surface area contributed by atoms with Gasteiger partial charge in [-0.3, -0.25) is 4.68 Å². The summed E-state index contributed by atoms with van der Waals surface area (Å²) in [5.41, 5.74) is 2.31. The highest BCUT2D eigenvalue weighted by Crippen LogP contribution is 2.28. The Labute approximate surface area is 106 Å². The number of aryl methyl sites for hydroxylation is 1. The van der Waals surface area contributed by atoms with Crippen molar-refractivity contribution in [2.75, 3.05) is 12.4 Å². The van der Waals surface area contributed by atoms with Crippen LogP contribution >= 0.6 is 0 Å². The Morgan fingerprint density at radius 2 is 2.28 bits per heavy atom. The topological polar surface area (TPSA) is 62.9 Å². The minimum Gasteiger partial charge on any atom is -0.495 e. The number of benzene rings is 1. The molecule has 0 aliphatic heterocycles.